The SMILES string of the molecule is CCCN1CCCC1C(O)(O)Oc1nc2c3c(c(Cl)c(-c4cccc5sc(N)c(C#N)c45)c(F)c3n1)OC[C@@H]1C3CCC(CN21)N3. The topological polar surface area (TPSA) is 153 Å². The number of nitriles is 1. The van der Waals surface area contributed by atoms with Crippen molar-refractivity contribution in [1.82, 2.24) is 20.2 Å². The zero-order chi connectivity index (χ0) is 31.9. The third-order valence-corrected chi connectivity index (χ3v) is 11.2. The minimum atomic E-state index is -2.62. The number of halogens is 2. The van der Waals surface area contributed by atoms with Gasteiger partial charge in [0.15, 0.2) is 11.6 Å². The number of hydrogen-bond acceptors (Lipinski definition) is 12. The number of anilines is 2. The number of thiophene rings is 1. The van der Waals surface area contributed by atoms with Crippen molar-refractivity contribution in [3.63, 3.8) is 0 Å². The van der Waals surface area contributed by atoms with Gasteiger partial charge in [-0.25, -0.2) is 4.39 Å². The largest absolute Gasteiger partial charge is 0.489 e. The maximum Gasteiger partial charge on any atom is 0.340 e. The van der Waals surface area contributed by atoms with E-state index in [9.17, 15) is 15.5 Å². The molecule has 3 fully saturated rings. The van der Waals surface area contributed by atoms with Gasteiger partial charge in [0.05, 0.1) is 22.0 Å². The van der Waals surface area contributed by atoms with Gasteiger partial charge in [-0.2, -0.15) is 15.2 Å². The Morgan fingerprint density at radius 3 is 2.93 bits per heavy atom. The molecule has 0 radical (unpaired) electrons. The number of piperazine rings is 1. The Morgan fingerprint density at radius 2 is 2.13 bits per heavy atom. The first kappa shape index (κ1) is 29.9. The van der Waals surface area contributed by atoms with Crippen molar-refractivity contribution in [2.75, 3.05) is 36.9 Å². The molecule has 11 nitrogen and oxygen atoms in total. The van der Waals surface area contributed by atoms with E-state index in [1.54, 1.807) is 12.1 Å². The summed E-state index contributed by atoms with van der Waals surface area (Å²) in [6.45, 7) is 4.26. The number of nitrogens with one attached hydrogen (secondary N) is 1. The Balaban J connectivity index is 1.36. The van der Waals surface area contributed by atoms with Crippen LogP contribution < -0.4 is 25.4 Å². The number of hydrogen-bond donors (Lipinski definition) is 4. The van der Waals surface area contributed by atoms with Crippen LogP contribution in [0.25, 0.3) is 32.1 Å². The average Bonchev–Trinajstić information content (AvgIpc) is 3.72. The molecule has 5 N–H and O–H groups in total. The zero-order valence-corrected chi connectivity index (χ0v) is 26.7. The average molecular weight is 666 g/mol. The molecule has 3 saturated heterocycles. The fourth-order valence-corrected chi connectivity index (χ4v) is 9.14. The van der Waals surface area contributed by atoms with Crippen LogP contribution in [-0.4, -0.2) is 81.5 Å². The van der Waals surface area contributed by atoms with Gasteiger partial charge in [0.25, 0.3) is 0 Å². The van der Waals surface area contributed by atoms with Gasteiger partial charge in [0, 0.05) is 34.3 Å². The number of aromatic nitrogens is 2. The van der Waals surface area contributed by atoms with Crippen LogP contribution in [-0.2, 0) is 0 Å². The lowest BCUT2D eigenvalue weighted by atomic mass is 9.96. The maximum absolute atomic E-state index is 17.1. The highest BCUT2D eigenvalue weighted by molar-refractivity contribution is 7.23. The predicted octanol–water partition coefficient (Wildman–Crippen LogP) is 4.35. The van der Waals surface area contributed by atoms with Crippen molar-refractivity contribution >= 4 is 54.7 Å². The number of nitrogen functional groups attached to an aromatic ring is 1. The van der Waals surface area contributed by atoms with Crippen LogP contribution in [0.15, 0.2) is 18.2 Å². The van der Waals surface area contributed by atoms with Gasteiger partial charge in [-0.3, -0.25) is 4.90 Å². The number of ether oxygens (including phenoxy) is 2. The van der Waals surface area contributed by atoms with E-state index in [-0.39, 0.29) is 63.5 Å². The van der Waals surface area contributed by atoms with Crippen molar-refractivity contribution in [3.8, 4) is 29.0 Å². The molecule has 4 atom stereocenters. The first-order valence-electron chi connectivity index (χ1n) is 15.7. The van der Waals surface area contributed by atoms with Crippen molar-refractivity contribution < 1.29 is 24.1 Å². The van der Waals surface area contributed by atoms with Crippen molar-refractivity contribution in [2.45, 2.75) is 69.2 Å². The summed E-state index contributed by atoms with van der Waals surface area (Å²) in [7, 11) is 0. The van der Waals surface area contributed by atoms with Gasteiger partial charge in [0.1, 0.15) is 35.1 Å². The molecule has 4 aromatic rings. The number of aliphatic hydroxyl groups is 2. The molecule has 0 aliphatic carbocycles. The number of benzene rings is 2. The summed E-state index contributed by atoms with van der Waals surface area (Å²) in [5.41, 5.74) is 6.67. The second kappa shape index (κ2) is 11.0. The van der Waals surface area contributed by atoms with Crippen LogP contribution in [0, 0.1) is 17.1 Å². The minimum Gasteiger partial charge on any atom is -0.489 e. The van der Waals surface area contributed by atoms with Crippen LogP contribution in [0.2, 0.25) is 5.02 Å². The standard InChI is InChI=1S/C32H33ClFN7O4S/c1-2-10-40-11-4-7-21(40)32(42,43)45-31-38-27-24-28(44-14-19-18-9-8-15(37-18)13-41(19)30(24)39-31)25(33)23(26(27)34)16-5-3-6-20-22(16)17(12-35)29(36)46-20/h3,5-6,15,18-19,21,37,42-43H,2,4,7-11,13-14,36H2,1H3/t15?,18?,19-,21?/m1/s1. The van der Waals surface area contributed by atoms with Crippen molar-refractivity contribution in [3.05, 3.63) is 34.6 Å². The molecule has 2 aromatic carbocycles. The summed E-state index contributed by atoms with van der Waals surface area (Å²) in [6, 6.07) is 6.53. The molecule has 46 heavy (non-hydrogen) atoms. The highest BCUT2D eigenvalue weighted by Gasteiger charge is 2.47. The predicted molar refractivity (Wildman–Crippen MR) is 174 cm³/mol. The smallest absolute Gasteiger partial charge is 0.340 e. The highest BCUT2D eigenvalue weighted by Crippen LogP contribution is 2.51. The lowest BCUT2D eigenvalue weighted by Gasteiger charge is -2.40. The van der Waals surface area contributed by atoms with Gasteiger partial charge >= 0.3 is 12.0 Å². The summed E-state index contributed by atoms with van der Waals surface area (Å²) in [5.74, 6) is -2.80. The number of likely N-dealkylation sites (tertiary alicyclic amines) is 1. The lowest BCUT2D eigenvalue weighted by Crippen LogP contribution is -2.60. The third kappa shape index (κ3) is 4.50. The summed E-state index contributed by atoms with van der Waals surface area (Å²) < 4.78 is 30.1. The fraction of sp³-hybridized carbons (Fsp3) is 0.469. The van der Waals surface area contributed by atoms with E-state index in [0.29, 0.717) is 52.5 Å². The van der Waals surface area contributed by atoms with Crippen LogP contribution in [0.4, 0.5) is 15.2 Å². The molecule has 6 heterocycles. The van der Waals surface area contributed by atoms with Gasteiger partial charge in [0.2, 0.25) is 0 Å². The third-order valence-electron chi connectivity index (χ3n) is 9.84. The first-order chi connectivity index (χ1) is 22.2. The Labute approximate surface area is 273 Å². The molecule has 0 saturated carbocycles. The van der Waals surface area contributed by atoms with E-state index >= 15 is 4.39 Å². The van der Waals surface area contributed by atoms with E-state index in [1.807, 2.05) is 17.9 Å². The lowest BCUT2D eigenvalue weighted by molar-refractivity contribution is -0.322. The van der Waals surface area contributed by atoms with Crippen LogP contribution >= 0.6 is 22.9 Å². The number of fused-ring (bicyclic) bond motifs is 6. The monoisotopic (exact) mass is 665 g/mol. The van der Waals surface area contributed by atoms with Gasteiger partial charge in [-0.1, -0.05) is 30.7 Å². The molecule has 4 aliphatic rings. The van der Waals surface area contributed by atoms with Gasteiger partial charge in [-0.05, 0) is 56.8 Å². The Hall–Kier alpha value is -3.51. The highest BCUT2D eigenvalue weighted by atomic mass is 35.5. The molecule has 4 aliphatic heterocycles. The van der Waals surface area contributed by atoms with E-state index in [2.05, 4.69) is 21.3 Å². The molecule has 14 heteroatoms. The first-order valence-corrected chi connectivity index (χ1v) is 16.9. The summed E-state index contributed by atoms with van der Waals surface area (Å²) in [4.78, 5) is 13.3. The van der Waals surface area contributed by atoms with E-state index in [4.69, 9.17) is 31.8 Å². The molecule has 240 valence electrons. The molecule has 2 aromatic heterocycles. The van der Waals surface area contributed by atoms with Crippen molar-refractivity contribution in [1.29, 1.82) is 5.26 Å². The zero-order valence-electron chi connectivity index (χ0n) is 25.1. The van der Waals surface area contributed by atoms with Crippen LogP contribution in [0.5, 0.6) is 11.8 Å². The molecule has 8 rings (SSSR count). The minimum absolute atomic E-state index is 0.00311. The molecule has 2 bridgehead atoms. The normalized spacial score (nSPS) is 24.2. The Kier molecular flexibility index (Phi) is 7.17. The maximum atomic E-state index is 17.1. The van der Waals surface area contributed by atoms with E-state index in [0.717, 1.165) is 25.7 Å². The van der Waals surface area contributed by atoms with Crippen molar-refractivity contribution in [2.24, 2.45) is 0 Å². The summed E-state index contributed by atoms with van der Waals surface area (Å²) in [5, 5.41) is 37.3. The molecular weight excluding hydrogens is 633 g/mol. The Morgan fingerprint density at radius 1 is 1.28 bits per heavy atom. The summed E-state index contributed by atoms with van der Waals surface area (Å²) in [6.07, 6.45) is 4.06. The van der Waals surface area contributed by atoms with Gasteiger partial charge < -0.3 is 35.6 Å². The Bertz CT molecular complexity index is 1930. The second-order valence-electron chi connectivity index (χ2n) is 12.6. The molecule has 0 amide bonds. The molecular formula is C32H33ClFN7O4S. The number of nitrogens with zero attached hydrogens (tertiary/aromatic N) is 5. The second-order valence-corrected chi connectivity index (χ2v) is 14.0. The van der Waals surface area contributed by atoms with E-state index < -0.39 is 17.8 Å². The number of rotatable bonds is 6. The van der Waals surface area contributed by atoms with Crippen LogP contribution in [0.1, 0.15) is 44.6 Å². The molecule has 0 spiro atoms. The number of nitrogens with two attached hydrogens (primary N) is 1. The van der Waals surface area contributed by atoms with Gasteiger partial charge in [-0.15, -0.1) is 11.3 Å². The van der Waals surface area contributed by atoms with E-state index in [1.165, 1.54) is 11.3 Å². The van der Waals surface area contributed by atoms with Crippen LogP contribution in [0.3, 0.4) is 0 Å². The summed E-state index contributed by atoms with van der Waals surface area (Å²) >= 11 is 8.32. The quantitative estimate of drug-likeness (QED) is 0.218. The fourth-order valence-electron chi connectivity index (χ4n) is 7.86. The molecule has 3 unspecified atom stereocenters.